The quantitative estimate of drug-likeness (QED) is 0.202. The van der Waals surface area contributed by atoms with Crippen LogP contribution in [0.25, 0.3) is 65.4 Å². The molecule has 8 aromatic rings. The average Bonchev–Trinajstić information content (AvgIpc) is 3.49. The van der Waals surface area contributed by atoms with Crippen molar-refractivity contribution in [2.24, 2.45) is 0 Å². The molecule has 0 saturated heterocycles. The predicted octanol–water partition coefficient (Wildman–Crippen LogP) is 8.46. The van der Waals surface area contributed by atoms with Crippen LogP contribution in [0.3, 0.4) is 0 Å². The molecule has 7 heteroatoms. The van der Waals surface area contributed by atoms with E-state index in [-0.39, 0.29) is 0 Å². The van der Waals surface area contributed by atoms with Crippen molar-refractivity contribution in [2.45, 2.75) is 0 Å². The van der Waals surface area contributed by atoms with Crippen molar-refractivity contribution < 1.29 is 18.9 Å². The molecule has 0 fully saturated rings. The molecule has 0 unspecified atom stereocenters. The van der Waals surface area contributed by atoms with Crippen LogP contribution in [-0.2, 0) is 0 Å². The normalized spacial score (nSPS) is 11.6. The summed E-state index contributed by atoms with van der Waals surface area (Å²) in [6, 6.07) is 33.4. The molecular weight excluding hydrogens is 530 g/mol. The summed E-state index contributed by atoms with van der Waals surface area (Å²) in [6.45, 7) is 0. The number of furan rings is 2. The highest BCUT2D eigenvalue weighted by atomic mass is 35.5. The maximum Gasteiger partial charge on any atom is 0.492 e. The molecule has 0 radical (unpaired) electrons. The van der Waals surface area contributed by atoms with Crippen LogP contribution in [0, 0.1) is 0 Å². The van der Waals surface area contributed by atoms with Crippen molar-refractivity contribution in [2.75, 3.05) is 0 Å². The summed E-state index contributed by atoms with van der Waals surface area (Å²) < 4.78 is 11.7. The zero-order valence-electron chi connectivity index (χ0n) is 20.4. The minimum atomic E-state index is -1.60. The first-order valence-corrected chi connectivity index (χ1v) is 13.1. The third-order valence-corrected chi connectivity index (χ3v) is 7.69. The van der Waals surface area contributed by atoms with E-state index in [2.05, 4.69) is 24.3 Å². The van der Waals surface area contributed by atoms with Crippen molar-refractivity contribution in [1.82, 2.24) is 0 Å². The average molecular weight is 549 g/mol. The van der Waals surface area contributed by atoms with Gasteiger partial charge in [0.1, 0.15) is 22.3 Å². The fraction of sp³-hybridized carbons (Fsp3) is 0. The van der Waals surface area contributed by atoms with Gasteiger partial charge in [0, 0.05) is 27.0 Å². The number of rotatable bonds is 1. The second-order valence-corrected chi connectivity index (χ2v) is 10.2. The second kappa shape index (κ2) is 9.33. The summed E-state index contributed by atoms with van der Waals surface area (Å²) in [6.07, 6.45) is 0. The maximum atomic E-state index is 9.48. The van der Waals surface area contributed by atoms with Gasteiger partial charge in [-0.1, -0.05) is 83.9 Å². The lowest BCUT2D eigenvalue weighted by Crippen LogP contribution is -2.30. The highest BCUT2D eigenvalue weighted by Crippen LogP contribution is 2.37. The number of fused-ring (bicyclic) bond motifs is 8. The number of hydrogen-bond acceptors (Lipinski definition) is 4. The van der Waals surface area contributed by atoms with E-state index < -0.39 is 7.12 Å². The Balaban J connectivity index is 0.000000131. The molecule has 0 spiro atoms. The van der Waals surface area contributed by atoms with E-state index >= 15 is 0 Å². The second-order valence-electron chi connectivity index (χ2n) is 9.42. The molecule has 0 amide bonds. The van der Waals surface area contributed by atoms with Gasteiger partial charge in [-0.3, -0.25) is 0 Å². The lowest BCUT2D eigenvalue weighted by molar-refractivity contribution is 0.425. The molecule has 0 saturated carbocycles. The zero-order valence-corrected chi connectivity index (χ0v) is 21.9. The number of hydrogen-bond donors (Lipinski definition) is 2. The van der Waals surface area contributed by atoms with Gasteiger partial charge in [0.25, 0.3) is 0 Å². The van der Waals surface area contributed by atoms with Crippen molar-refractivity contribution in [3.63, 3.8) is 0 Å². The predicted molar refractivity (Wildman–Crippen MR) is 162 cm³/mol. The van der Waals surface area contributed by atoms with Gasteiger partial charge in [0.2, 0.25) is 0 Å². The molecule has 188 valence electrons. The Morgan fingerprint density at radius 1 is 0.513 bits per heavy atom. The smallest absolute Gasteiger partial charge is 0.456 e. The van der Waals surface area contributed by atoms with Crippen LogP contribution in [0.15, 0.2) is 112 Å². The Kier molecular flexibility index (Phi) is 5.76. The third kappa shape index (κ3) is 4.03. The summed E-state index contributed by atoms with van der Waals surface area (Å²) >= 11 is 12.6. The number of halogens is 2. The minimum absolute atomic E-state index is 0.314. The van der Waals surface area contributed by atoms with Crippen LogP contribution in [-0.4, -0.2) is 17.2 Å². The molecule has 0 aliphatic carbocycles. The van der Waals surface area contributed by atoms with Gasteiger partial charge < -0.3 is 18.9 Å². The van der Waals surface area contributed by atoms with Gasteiger partial charge in [-0.15, -0.1) is 0 Å². The minimum Gasteiger partial charge on any atom is -0.456 e. The molecule has 0 aliphatic heterocycles. The van der Waals surface area contributed by atoms with Gasteiger partial charge in [0.05, 0.1) is 10.0 Å². The van der Waals surface area contributed by atoms with Gasteiger partial charge >= 0.3 is 7.12 Å². The van der Waals surface area contributed by atoms with E-state index in [1.807, 2.05) is 66.7 Å². The summed E-state index contributed by atoms with van der Waals surface area (Å²) in [5, 5.41) is 28.4. The highest BCUT2D eigenvalue weighted by molar-refractivity contribution is 6.62. The molecule has 6 aromatic carbocycles. The summed E-state index contributed by atoms with van der Waals surface area (Å²) in [5.41, 5.74) is 3.14. The standard InChI is InChI=1S/C16H10BClO3.C16H9ClO/c18-13-6-5-12(17(19)20)16-15(13)11-7-9-3-1-2-4-10(9)8-14(11)21-16;17-13-6-3-7-14-16(13)12-8-10-4-1-2-5-11(10)9-15(12)18-14/h1-8,19-20H;1-9H. The Hall–Kier alpha value is -4.00. The SMILES string of the molecule is Clc1cccc2oc3cc4ccccc4cc3c12.OB(O)c1ccc(Cl)c2c1oc1cc3ccccc3cc12. The van der Waals surface area contributed by atoms with Gasteiger partial charge in [-0.2, -0.15) is 0 Å². The van der Waals surface area contributed by atoms with E-state index in [0.717, 1.165) is 43.1 Å². The van der Waals surface area contributed by atoms with Crippen LogP contribution < -0.4 is 5.46 Å². The monoisotopic (exact) mass is 548 g/mol. The first kappa shape index (κ1) is 24.1. The van der Waals surface area contributed by atoms with E-state index in [1.54, 1.807) is 12.1 Å². The molecule has 0 atom stereocenters. The van der Waals surface area contributed by atoms with E-state index in [0.29, 0.717) is 27.0 Å². The van der Waals surface area contributed by atoms with Crippen molar-refractivity contribution in [3.8, 4) is 0 Å². The Morgan fingerprint density at radius 2 is 1.05 bits per heavy atom. The molecule has 2 N–H and O–H groups in total. The lowest BCUT2D eigenvalue weighted by atomic mass is 9.79. The van der Waals surface area contributed by atoms with Crippen LogP contribution in [0.4, 0.5) is 0 Å². The largest absolute Gasteiger partial charge is 0.492 e. The molecule has 39 heavy (non-hydrogen) atoms. The Bertz CT molecular complexity index is 2200. The summed E-state index contributed by atoms with van der Waals surface area (Å²) in [4.78, 5) is 0. The highest BCUT2D eigenvalue weighted by Gasteiger charge is 2.21. The first-order valence-electron chi connectivity index (χ1n) is 12.4. The van der Waals surface area contributed by atoms with Crippen molar-refractivity contribution >= 4 is 101 Å². The molecule has 2 aromatic heterocycles. The third-order valence-electron chi connectivity index (χ3n) is 7.06. The van der Waals surface area contributed by atoms with E-state index in [1.165, 1.54) is 10.8 Å². The van der Waals surface area contributed by atoms with E-state index in [4.69, 9.17) is 32.0 Å². The van der Waals surface area contributed by atoms with Crippen molar-refractivity contribution in [3.05, 3.63) is 113 Å². The van der Waals surface area contributed by atoms with Crippen LogP contribution in [0.2, 0.25) is 10.0 Å². The summed E-state index contributed by atoms with van der Waals surface area (Å²) in [7, 11) is -1.60. The van der Waals surface area contributed by atoms with Crippen LogP contribution in [0.1, 0.15) is 0 Å². The Labute approximate surface area is 232 Å². The molecule has 0 aliphatic rings. The van der Waals surface area contributed by atoms with Crippen molar-refractivity contribution in [1.29, 1.82) is 0 Å². The fourth-order valence-electron chi connectivity index (χ4n) is 5.22. The lowest BCUT2D eigenvalue weighted by Gasteiger charge is -2.01. The fourth-order valence-corrected chi connectivity index (χ4v) is 5.73. The number of benzene rings is 6. The molecular formula is C32H19BCl2O4. The Morgan fingerprint density at radius 3 is 1.67 bits per heavy atom. The molecule has 4 nitrogen and oxygen atoms in total. The van der Waals surface area contributed by atoms with Crippen LogP contribution in [0.5, 0.6) is 0 Å². The molecule has 8 rings (SSSR count). The summed E-state index contributed by atoms with van der Waals surface area (Å²) in [5.74, 6) is 0. The zero-order chi connectivity index (χ0) is 26.7. The first-order chi connectivity index (χ1) is 19.0. The molecule has 2 heterocycles. The topological polar surface area (TPSA) is 66.7 Å². The molecule has 0 bridgehead atoms. The van der Waals surface area contributed by atoms with E-state index in [9.17, 15) is 10.0 Å². The van der Waals surface area contributed by atoms with Gasteiger partial charge in [-0.05, 0) is 64.0 Å². The van der Waals surface area contributed by atoms with Gasteiger partial charge in [0.15, 0.2) is 0 Å². The van der Waals surface area contributed by atoms with Crippen LogP contribution >= 0.6 is 23.2 Å². The van der Waals surface area contributed by atoms with Gasteiger partial charge in [-0.25, -0.2) is 0 Å². The maximum absolute atomic E-state index is 9.48.